The van der Waals surface area contributed by atoms with Gasteiger partial charge in [0.15, 0.2) is 0 Å². The second-order valence-electron chi connectivity index (χ2n) is 4.34. The minimum absolute atomic E-state index is 0.192. The molecule has 1 N–H and O–H groups in total. The maximum Gasteiger partial charge on any atom is 0.240 e. The zero-order valence-corrected chi connectivity index (χ0v) is 10.3. The van der Waals surface area contributed by atoms with Gasteiger partial charge < -0.3 is 0 Å². The van der Waals surface area contributed by atoms with Gasteiger partial charge in [-0.3, -0.25) is 0 Å². The van der Waals surface area contributed by atoms with Gasteiger partial charge in [0.1, 0.15) is 6.17 Å². The molecule has 0 aromatic heterocycles. The topological polar surface area (TPSA) is 46.2 Å². The van der Waals surface area contributed by atoms with Crippen LogP contribution >= 0.6 is 0 Å². The molecule has 2 atom stereocenters. The van der Waals surface area contributed by atoms with Crippen LogP contribution in [0.25, 0.3) is 0 Å². The lowest BCUT2D eigenvalue weighted by atomic mass is 9.95. The van der Waals surface area contributed by atoms with Crippen molar-refractivity contribution >= 4 is 10.0 Å². The zero-order chi connectivity index (χ0) is 12.3. The normalized spacial score (nSPS) is 25.7. The Kier molecular flexibility index (Phi) is 3.79. The maximum absolute atomic E-state index is 13.6. The first kappa shape index (κ1) is 12.5. The van der Waals surface area contributed by atoms with E-state index in [9.17, 15) is 12.8 Å². The van der Waals surface area contributed by atoms with Gasteiger partial charge in [0.25, 0.3) is 0 Å². The Morgan fingerprint density at radius 2 is 1.76 bits per heavy atom. The van der Waals surface area contributed by atoms with Gasteiger partial charge in [-0.05, 0) is 25.0 Å². The van der Waals surface area contributed by atoms with Gasteiger partial charge in [-0.25, -0.2) is 17.5 Å². The number of halogens is 1. The van der Waals surface area contributed by atoms with Gasteiger partial charge in [0.2, 0.25) is 10.0 Å². The van der Waals surface area contributed by atoms with E-state index in [1.807, 2.05) is 0 Å². The quantitative estimate of drug-likeness (QED) is 0.902. The van der Waals surface area contributed by atoms with E-state index >= 15 is 0 Å². The van der Waals surface area contributed by atoms with Crippen LogP contribution in [0, 0.1) is 0 Å². The van der Waals surface area contributed by atoms with Gasteiger partial charge >= 0.3 is 0 Å². The van der Waals surface area contributed by atoms with Crippen molar-refractivity contribution in [3.05, 3.63) is 30.3 Å². The Bertz CT molecular complexity index is 461. The molecule has 1 aliphatic rings. The molecule has 1 fully saturated rings. The highest BCUT2D eigenvalue weighted by atomic mass is 32.2. The molecule has 17 heavy (non-hydrogen) atoms. The largest absolute Gasteiger partial charge is 0.246 e. The van der Waals surface area contributed by atoms with Crippen LogP contribution in [0.2, 0.25) is 0 Å². The second kappa shape index (κ2) is 5.14. The molecule has 94 valence electrons. The molecule has 0 aliphatic heterocycles. The van der Waals surface area contributed by atoms with Gasteiger partial charge in [-0.15, -0.1) is 0 Å². The predicted octanol–water partition coefficient (Wildman–Crippen LogP) is 2.25. The second-order valence-corrected chi connectivity index (χ2v) is 6.06. The van der Waals surface area contributed by atoms with E-state index in [1.54, 1.807) is 18.2 Å². The molecule has 3 nitrogen and oxygen atoms in total. The lowest BCUT2D eigenvalue weighted by Gasteiger charge is -2.26. The summed E-state index contributed by atoms with van der Waals surface area (Å²) in [6.07, 6.45) is 1.67. The number of hydrogen-bond donors (Lipinski definition) is 1. The van der Waals surface area contributed by atoms with E-state index in [0.717, 1.165) is 12.8 Å². The number of alkyl halides is 1. The number of sulfonamides is 1. The summed E-state index contributed by atoms with van der Waals surface area (Å²) >= 11 is 0. The van der Waals surface area contributed by atoms with Gasteiger partial charge in [0, 0.05) is 0 Å². The van der Waals surface area contributed by atoms with Crippen LogP contribution in [0.15, 0.2) is 35.2 Å². The van der Waals surface area contributed by atoms with Gasteiger partial charge in [-0.2, -0.15) is 0 Å². The third-order valence-electron chi connectivity index (χ3n) is 3.04. The minimum Gasteiger partial charge on any atom is -0.246 e. The fourth-order valence-corrected chi connectivity index (χ4v) is 3.40. The Hall–Kier alpha value is -0.940. The molecule has 0 heterocycles. The standard InChI is InChI=1S/C12H16FNO2S/c13-11-8-4-5-9-12(11)14-17(15,16)10-6-2-1-3-7-10/h1-3,6-7,11-12,14H,4-5,8-9H2/t11-,12-/m1/s1. The SMILES string of the molecule is O=S(=O)(N[C@@H]1CCCC[C@H]1F)c1ccccc1. The fourth-order valence-electron chi connectivity index (χ4n) is 2.09. The minimum atomic E-state index is -3.58. The van der Waals surface area contributed by atoms with E-state index in [4.69, 9.17) is 0 Å². The summed E-state index contributed by atoms with van der Waals surface area (Å²) in [6, 6.07) is 7.51. The molecule has 0 spiro atoms. The molecule has 1 saturated carbocycles. The van der Waals surface area contributed by atoms with Crippen LogP contribution in [-0.2, 0) is 10.0 Å². The van der Waals surface area contributed by atoms with Crippen molar-refractivity contribution in [1.82, 2.24) is 4.72 Å². The molecular weight excluding hydrogens is 241 g/mol. The first-order valence-electron chi connectivity index (χ1n) is 5.81. The third-order valence-corrected chi connectivity index (χ3v) is 4.55. The van der Waals surface area contributed by atoms with Crippen LogP contribution < -0.4 is 4.72 Å². The highest BCUT2D eigenvalue weighted by molar-refractivity contribution is 7.89. The average Bonchev–Trinajstić information content (AvgIpc) is 2.33. The Morgan fingerprint density at radius 1 is 1.12 bits per heavy atom. The van der Waals surface area contributed by atoms with Gasteiger partial charge in [-0.1, -0.05) is 31.0 Å². The predicted molar refractivity (Wildman–Crippen MR) is 63.9 cm³/mol. The van der Waals surface area contributed by atoms with Gasteiger partial charge in [0.05, 0.1) is 10.9 Å². The Balaban J connectivity index is 2.12. The van der Waals surface area contributed by atoms with Crippen LogP contribution in [0.4, 0.5) is 4.39 Å². The van der Waals surface area contributed by atoms with Crippen molar-refractivity contribution in [2.75, 3.05) is 0 Å². The highest BCUT2D eigenvalue weighted by Crippen LogP contribution is 2.22. The van der Waals surface area contributed by atoms with E-state index < -0.39 is 22.2 Å². The highest BCUT2D eigenvalue weighted by Gasteiger charge is 2.29. The first-order chi connectivity index (χ1) is 8.09. The molecule has 5 heteroatoms. The summed E-state index contributed by atoms with van der Waals surface area (Å²) in [4.78, 5) is 0.192. The molecule has 1 aromatic rings. The molecule has 2 rings (SSSR count). The fraction of sp³-hybridized carbons (Fsp3) is 0.500. The monoisotopic (exact) mass is 257 g/mol. The number of benzene rings is 1. The van der Waals surface area contributed by atoms with Crippen LogP contribution in [0.3, 0.4) is 0 Å². The van der Waals surface area contributed by atoms with Crippen molar-refractivity contribution in [2.24, 2.45) is 0 Å². The van der Waals surface area contributed by atoms with Crippen molar-refractivity contribution in [2.45, 2.75) is 42.8 Å². The molecule has 0 radical (unpaired) electrons. The van der Waals surface area contributed by atoms with Crippen LogP contribution in [0.1, 0.15) is 25.7 Å². The smallest absolute Gasteiger partial charge is 0.240 e. The summed E-state index contributed by atoms with van der Waals surface area (Å²) in [5.74, 6) is 0. The average molecular weight is 257 g/mol. The number of rotatable bonds is 3. The lowest BCUT2D eigenvalue weighted by Crippen LogP contribution is -2.43. The molecule has 0 saturated heterocycles. The maximum atomic E-state index is 13.6. The zero-order valence-electron chi connectivity index (χ0n) is 9.47. The third kappa shape index (κ3) is 3.04. The first-order valence-corrected chi connectivity index (χ1v) is 7.29. The molecular formula is C12H16FNO2S. The van der Waals surface area contributed by atoms with E-state index in [2.05, 4.69) is 4.72 Å². The molecule has 1 aromatic carbocycles. The van der Waals surface area contributed by atoms with Crippen molar-refractivity contribution < 1.29 is 12.8 Å². The van der Waals surface area contributed by atoms with Crippen LogP contribution in [0.5, 0.6) is 0 Å². The summed E-state index contributed by atoms with van der Waals surface area (Å²) in [6.45, 7) is 0. The van der Waals surface area contributed by atoms with E-state index in [0.29, 0.717) is 12.8 Å². The Morgan fingerprint density at radius 3 is 2.41 bits per heavy atom. The molecule has 0 amide bonds. The Labute approximate surface area is 101 Å². The van der Waals surface area contributed by atoms with Crippen molar-refractivity contribution in [1.29, 1.82) is 0 Å². The van der Waals surface area contributed by atoms with Crippen molar-refractivity contribution in [3.8, 4) is 0 Å². The number of hydrogen-bond acceptors (Lipinski definition) is 2. The summed E-state index contributed by atoms with van der Waals surface area (Å²) in [5.41, 5.74) is 0. The summed E-state index contributed by atoms with van der Waals surface area (Å²) in [7, 11) is -3.58. The van der Waals surface area contributed by atoms with Crippen LogP contribution in [-0.4, -0.2) is 20.6 Å². The summed E-state index contributed by atoms with van der Waals surface area (Å²) < 4.78 is 40.0. The van der Waals surface area contributed by atoms with Crippen molar-refractivity contribution in [3.63, 3.8) is 0 Å². The lowest BCUT2D eigenvalue weighted by molar-refractivity contribution is 0.206. The molecule has 1 aliphatic carbocycles. The molecule has 0 bridgehead atoms. The van der Waals surface area contributed by atoms with E-state index in [-0.39, 0.29) is 4.90 Å². The summed E-state index contributed by atoms with van der Waals surface area (Å²) in [5, 5.41) is 0. The van der Waals surface area contributed by atoms with E-state index in [1.165, 1.54) is 12.1 Å². The molecule has 0 unspecified atom stereocenters. The number of nitrogens with one attached hydrogen (secondary N) is 1.